The minimum Gasteiger partial charge on any atom is -1.00 e. The van der Waals surface area contributed by atoms with Crippen molar-refractivity contribution in [2.45, 2.75) is 44.8 Å². The Hall–Kier alpha value is -1.44. The van der Waals surface area contributed by atoms with Crippen molar-refractivity contribution in [3.05, 3.63) is 71.3 Å². The molecule has 2 saturated carbocycles. The molecular formula is C28H37IN2O2. The molecule has 1 saturated heterocycles. The van der Waals surface area contributed by atoms with E-state index in [9.17, 15) is 9.90 Å². The van der Waals surface area contributed by atoms with Crippen LogP contribution in [-0.2, 0) is 16.9 Å². The Morgan fingerprint density at radius 2 is 1.64 bits per heavy atom. The number of amides is 1. The zero-order chi connectivity index (χ0) is 22.3. The van der Waals surface area contributed by atoms with E-state index in [0.29, 0.717) is 24.3 Å². The van der Waals surface area contributed by atoms with Crippen LogP contribution in [0.3, 0.4) is 0 Å². The molecule has 0 bridgehead atoms. The van der Waals surface area contributed by atoms with Gasteiger partial charge in [-0.2, -0.15) is 0 Å². The molecule has 5 rings (SSSR count). The van der Waals surface area contributed by atoms with Crippen LogP contribution in [0.1, 0.15) is 42.4 Å². The molecule has 3 atom stereocenters. The van der Waals surface area contributed by atoms with E-state index in [0.717, 1.165) is 47.8 Å². The summed E-state index contributed by atoms with van der Waals surface area (Å²) >= 11 is 0. The summed E-state index contributed by atoms with van der Waals surface area (Å²) in [6.45, 7) is 6.19. The molecule has 0 aromatic heterocycles. The van der Waals surface area contributed by atoms with Crippen molar-refractivity contribution in [2.24, 2.45) is 23.7 Å². The van der Waals surface area contributed by atoms with E-state index < -0.39 is 5.60 Å². The fourth-order valence-electron chi connectivity index (χ4n) is 6.66. The molecule has 2 aromatic rings. The number of carbonyl (C=O) groups is 1. The summed E-state index contributed by atoms with van der Waals surface area (Å²) in [6, 6.07) is 18.6. The van der Waals surface area contributed by atoms with E-state index in [4.69, 9.17) is 0 Å². The first-order valence-corrected chi connectivity index (χ1v) is 12.3. The SMILES string of the molecule is Cc1ccc(C(O)(C(=O)NCC2C3C[N+](C)(Cc4ccccc4)CC23)C2CCCC2)cc1.[I-]. The van der Waals surface area contributed by atoms with Gasteiger partial charge in [0.05, 0.1) is 20.1 Å². The molecule has 2 N–H and O–H groups in total. The quantitative estimate of drug-likeness (QED) is 0.393. The smallest absolute Gasteiger partial charge is 0.256 e. The minimum atomic E-state index is -1.41. The number of rotatable bonds is 7. The highest BCUT2D eigenvalue weighted by atomic mass is 127. The molecule has 3 unspecified atom stereocenters. The summed E-state index contributed by atoms with van der Waals surface area (Å²) in [5.74, 6) is 1.77. The second-order valence-corrected chi connectivity index (χ2v) is 10.9. The van der Waals surface area contributed by atoms with Crippen LogP contribution in [0.4, 0.5) is 0 Å². The summed E-state index contributed by atoms with van der Waals surface area (Å²) < 4.78 is 1.10. The molecule has 178 valence electrons. The van der Waals surface area contributed by atoms with Gasteiger partial charge in [0.2, 0.25) is 0 Å². The molecule has 4 nitrogen and oxygen atoms in total. The van der Waals surface area contributed by atoms with Crippen molar-refractivity contribution < 1.29 is 38.4 Å². The summed E-state index contributed by atoms with van der Waals surface area (Å²) in [6.07, 6.45) is 4.03. The first kappa shape index (κ1) is 24.7. The average molecular weight is 561 g/mol. The lowest BCUT2D eigenvalue weighted by Gasteiger charge is -2.34. The fourth-order valence-corrected chi connectivity index (χ4v) is 6.66. The van der Waals surface area contributed by atoms with Crippen molar-refractivity contribution >= 4 is 5.91 Å². The van der Waals surface area contributed by atoms with Crippen LogP contribution in [0.25, 0.3) is 0 Å². The molecule has 1 heterocycles. The van der Waals surface area contributed by atoms with Crippen LogP contribution < -0.4 is 29.3 Å². The molecule has 0 spiro atoms. The fraction of sp³-hybridized carbons (Fsp3) is 0.536. The predicted octanol–water partition coefficient (Wildman–Crippen LogP) is 1.02. The third-order valence-electron chi connectivity index (χ3n) is 8.50. The molecule has 3 fully saturated rings. The normalized spacial score (nSPS) is 30.2. The van der Waals surface area contributed by atoms with Crippen LogP contribution >= 0.6 is 0 Å². The Morgan fingerprint density at radius 1 is 1.03 bits per heavy atom. The number of quaternary nitrogens is 1. The Bertz CT molecular complexity index is 946. The third kappa shape index (κ3) is 4.87. The first-order valence-electron chi connectivity index (χ1n) is 12.3. The third-order valence-corrected chi connectivity index (χ3v) is 8.50. The molecule has 5 heteroatoms. The van der Waals surface area contributed by atoms with Crippen molar-refractivity contribution in [2.75, 3.05) is 26.7 Å². The lowest BCUT2D eigenvalue weighted by molar-refractivity contribution is -0.916. The average Bonchev–Trinajstić information content (AvgIpc) is 3.17. The minimum absolute atomic E-state index is 0. The number of aryl methyl sites for hydroxylation is 1. The number of halogens is 1. The maximum Gasteiger partial charge on any atom is 0.256 e. The van der Waals surface area contributed by atoms with Gasteiger partial charge in [-0.25, -0.2) is 0 Å². The summed E-state index contributed by atoms with van der Waals surface area (Å²) in [5, 5.41) is 14.9. The van der Waals surface area contributed by atoms with Gasteiger partial charge >= 0.3 is 0 Å². The lowest BCUT2D eigenvalue weighted by Crippen LogP contribution is -3.00. The number of fused-ring (bicyclic) bond motifs is 1. The Labute approximate surface area is 215 Å². The van der Waals surface area contributed by atoms with Crippen LogP contribution in [0.5, 0.6) is 0 Å². The number of nitrogens with one attached hydrogen (secondary N) is 1. The van der Waals surface area contributed by atoms with Crippen LogP contribution in [0.15, 0.2) is 54.6 Å². The van der Waals surface area contributed by atoms with Gasteiger partial charge in [-0.3, -0.25) is 4.79 Å². The van der Waals surface area contributed by atoms with Gasteiger partial charge in [0.1, 0.15) is 6.54 Å². The second kappa shape index (κ2) is 9.67. The molecule has 1 amide bonds. The molecule has 0 radical (unpaired) electrons. The standard InChI is InChI=1S/C28H36N2O2.HI/c1-20-12-14-23(15-13-20)28(32,22-10-6-7-11-22)27(31)29-16-24-25-18-30(2,19-26(24)25)17-21-8-4-3-5-9-21;/h3-5,8-9,12-15,22,24-26,32H,6-7,10-11,16-19H2,1-2H3;1H. The van der Waals surface area contributed by atoms with Gasteiger partial charge in [-0.1, -0.05) is 73.0 Å². The van der Waals surface area contributed by atoms with Crippen molar-refractivity contribution in [1.82, 2.24) is 5.32 Å². The monoisotopic (exact) mass is 560 g/mol. The highest BCUT2D eigenvalue weighted by Gasteiger charge is 2.61. The summed E-state index contributed by atoms with van der Waals surface area (Å²) in [4.78, 5) is 13.4. The zero-order valence-electron chi connectivity index (χ0n) is 19.8. The number of hydrogen-bond donors (Lipinski definition) is 2. The van der Waals surface area contributed by atoms with E-state index in [1.807, 2.05) is 31.2 Å². The number of benzene rings is 2. The summed E-state index contributed by atoms with van der Waals surface area (Å²) in [7, 11) is 2.37. The van der Waals surface area contributed by atoms with Gasteiger partial charge in [0.15, 0.2) is 5.60 Å². The number of aliphatic hydroxyl groups is 1. The molecule has 1 aliphatic heterocycles. The number of carbonyl (C=O) groups excluding carboxylic acids is 1. The van der Waals surface area contributed by atoms with Crippen molar-refractivity contribution in [3.63, 3.8) is 0 Å². The number of likely N-dealkylation sites (tertiary alicyclic amines) is 1. The highest BCUT2D eigenvalue weighted by Crippen LogP contribution is 2.54. The van der Waals surface area contributed by atoms with Gasteiger partial charge in [-0.05, 0) is 31.2 Å². The van der Waals surface area contributed by atoms with E-state index in [1.54, 1.807) is 0 Å². The van der Waals surface area contributed by atoms with Crippen LogP contribution in [0, 0.1) is 30.6 Å². The summed E-state index contributed by atoms with van der Waals surface area (Å²) in [5.41, 5.74) is 1.88. The Morgan fingerprint density at radius 3 is 2.24 bits per heavy atom. The van der Waals surface area contributed by atoms with Gasteiger partial charge in [0, 0.05) is 29.9 Å². The van der Waals surface area contributed by atoms with E-state index in [2.05, 4.69) is 42.7 Å². The highest BCUT2D eigenvalue weighted by molar-refractivity contribution is 5.86. The Balaban J connectivity index is 0.00000259. The van der Waals surface area contributed by atoms with Crippen molar-refractivity contribution in [3.8, 4) is 0 Å². The predicted molar refractivity (Wildman–Crippen MR) is 127 cm³/mol. The molecule has 3 aliphatic rings. The maximum atomic E-state index is 13.4. The number of nitrogens with zero attached hydrogens (tertiary/aromatic N) is 1. The molecule has 33 heavy (non-hydrogen) atoms. The van der Waals surface area contributed by atoms with Crippen molar-refractivity contribution in [1.29, 1.82) is 0 Å². The van der Waals surface area contributed by atoms with E-state index in [-0.39, 0.29) is 35.8 Å². The number of piperidine rings is 1. The zero-order valence-corrected chi connectivity index (χ0v) is 22.0. The van der Waals surface area contributed by atoms with E-state index in [1.165, 1.54) is 18.7 Å². The van der Waals surface area contributed by atoms with Gasteiger partial charge < -0.3 is 38.9 Å². The topological polar surface area (TPSA) is 49.3 Å². The Kier molecular flexibility index (Phi) is 7.23. The molecule has 2 aromatic carbocycles. The second-order valence-electron chi connectivity index (χ2n) is 10.9. The molecule has 2 aliphatic carbocycles. The first-order chi connectivity index (χ1) is 15.4. The lowest BCUT2D eigenvalue weighted by atomic mass is 9.79. The van der Waals surface area contributed by atoms with Gasteiger partial charge in [-0.15, -0.1) is 0 Å². The molecular weight excluding hydrogens is 523 g/mol. The maximum absolute atomic E-state index is 13.4. The van der Waals surface area contributed by atoms with Gasteiger partial charge in [0.25, 0.3) is 5.91 Å². The number of hydrogen-bond acceptors (Lipinski definition) is 2. The van der Waals surface area contributed by atoms with Crippen LogP contribution in [-0.4, -0.2) is 42.2 Å². The van der Waals surface area contributed by atoms with E-state index >= 15 is 0 Å². The largest absolute Gasteiger partial charge is 1.00 e. The van der Waals surface area contributed by atoms with Crippen LogP contribution in [0.2, 0.25) is 0 Å².